The van der Waals surface area contributed by atoms with E-state index in [2.05, 4.69) is 4.98 Å². The molecule has 1 amide bonds. The molecule has 0 saturated heterocycles. The number of carbonyl (C=O) groups is 3. The van der Waals surface area contributed by atoms with Crippen molar-refractivity contribution in [3.8, 4) is 0 Å². The number of primary amides is 1. The van der Waals surface area contributed by atoms with Gasteiger partial charge in [0, 0.05) is 17.3 Å². The number of carbonyl (C=O) groups excluding carboxylic acids is 3. The Bertz CT molecular complexity index is 721. The average Bonchev–Trinajstić information content (AvgIpc) is 2.95. The Morgan fingerprint density at radius 2 is 1.86 bits per heavy atom. The Balaban J connectivity index is 2.20. The van der Waals surface area contributed by atoms with Crippen LogP contribution in [0.4, 0.5) is 4.39 Å². The maximum atomic E-state index is 12.9. The predicted molar refractivity (Wildman–Crippen MR) is 74.5 cm³/mol. The van der Waals surface area contributed by atoms with Gasteiger partial charge in [0.15, 0.2) is 5.78 Å². The number of ether oxygens (including phenoxy) is 1. The molecule has 0 aliphatic carbocycles. The zero-order chi connectivity index (χ0) is 16.3. The van der Waals surface area contributed by atoms with Crippen LogP contribution in [0.2, 0.25) is 0 Å². The van der Waals surface area contributed by atoms with Gasteiger partial charge in [-0.05, 0) is 25.1 Å². The Morgan fingerprint density at radius 3 is 2.36 bits per heavy atom. The van der Waals surface area contributed by atoms with Crippen molar-refractivity contribution in [3.63, 3.8) is 0 Å². The number of nitrogens with two attached hydrogens (primary N) is 1. The molecule has 0 bridgehead atoms. The van der Waals surface area contributed by atoms with Crippen molar-refractivity contribution >= 4 is 17.7 Å². The van der Waals surface area contributed by atoms with Gasteiger partial charge >= 0.3 is 5.97 Å². The van der Waals surface area contributed by atoms with Crippen molar-refractivity contribution in [2.24, 2.45) is 5.73 Å². The van der Waals surface area contributed by atoms with Crippen molar-refractivity contribution in [1.82, 2.24) is 4.98 Å². The smallest absolute Gasteiger partial charge is 0.355 e. The lowest BCUT2D eigenvalue weighted by molar-refractivity contribution is -0.127. The Kier molecular flexibility index (Phi) is 4.36. The number of hydrogen-bond acceptors (Lipinski definition) is 4. The van der Waals surface area contributed by atoms with Crippen molar-refractivity contribution in [2.75, 3.05) is 0 Å². The summed E-state index contributed by atoms with van der Waals surface area (Å²) in [6.07, 6.45) is 0.00740. The molecule has 0 fully saturated rings. The molecular formula is C15H13FN2O4. The molecular weight excluding hydrogens is 291 g/mol. The van der Waals surface area contributed by atoms with Crippen LogP contribution in [0.3, 0.4) is 0 Å². The molecule has 1 heterocycles. The number of Topliss-reactive ketones (excluding diaryl/α,β-unsaturated/α-hetero) is 1. The number of ketones is 1. The van der Waals surface area contributed by atoms with Crippen LogP contribution in [0.5, 0.6) is 0 Å². The molecule has 0 aliphatic heterocycles. The van der Waals surface area contributed by atoms with Crippen LogP contribution < -0.4 is 5.73 Å². The highest BCUT2D eigenvalue weighted by molar-refractivity contribution is 5.98. The summed E-state index contributed by atoms with van der Waals surface area (Å²) in [5.74, 6) is -2.45. The van der Waals surface area contributed by atoms with E-state index in [-0.39, 0.29) is 17.0 Å². The van der Waals surface area contributed by atoms with Gasteiger partial charge in [-0.25, -0.2) is 9.18 Å². The van der Waals surface area contributed by atoms with E-state index in [4.69, 9.17) is 10.5 Å². The molecule has 0 saturated carbocycles. The maximum absolute atomic E-state index is 12.9. The number of rotatable bonds is 5. The molecule has 0 spiro atoms. The van der Waals surface area contributed by atoms with Crippen LogP contribution in [0.1, 0.15) is 39.4 Å². The quantitative estimate of drug-likeness (QED) is 0.648. The third-order valence-corrected chi connectivity index (χ3v) is 2.97. The first-order valence-corrected chi connectivity index (χ1v) is 6.33. The van der Waals surface area contributed by atoms with Gasteiger partial charge in [-0.3, -0.25) is 9.59 Å². The summed E-state index contributed by atoms with van der Waals surface area (Å²) in [5.41, 5.74) is 5.79. The highest BCUT2D eigenvalue weighted by Crippen LogP contribution is 2.19. The van der Waals surface area contributed by atoms with Crippen LogP contribution in [0, 0.1) is 5.82 Å². The number of esters is 1. The minimum Gasteiger partial charge on any atom is -0.443 e. The van der Waals surface area contributed by atoms with E-state index in [1.54, 1.807) is 0 Å². The van der Waals surface area contributed by atoms with Gasteiger partial charge in [0.2, 0.25) is 6.10 Å². The second-order valence-corrected chi connectivity index (χ2v) is 4.60. The van der Waals surface area contributed by atoms with E-state index < -0.39 is 23.8 Å². The fourth-order valence-corrected chi connectivity index (χ4v) is 1.81. The molecule has 0 unspecified atom stereocenters. The van der Waals surface area contributed by atoms with E-state index in [1.165, 1.54) is 31.3 Å². The van der Waals surface area contributed by atoms with Crippen molar-refractivity contribution < 1.29 is 23.5 Å². The zero-order valence-electron chi connectivity index (χ0n) is 11.6. The molecule has 7 heteroatoms. The summed E-state index contributed by atoms with van der Waals surface area (Å²) in [5, 5.41) is 0. The van der Waals surface area contributed by atoms with Crippen molar-refractivity contribution in [1.29, 1.82) is 0 Å². The Hall–Kier alpha value is -2.96. The van der Waals surface area contributed by atoms with E-state index in [9.17, 15) is 18.8 Å². The number of aromatic nitrogens is 1. The first-order valence-electron chi connectivity index (χ1n) is 6.33. The molecule has 22 heavy (non-hydrogen) atoms. The van der Waals surface area contributed by atoms with Gasteiger partial charge in [-0.15, -0.1) is 0 Å². The average molecular weight is 304 g/mol. The van der Waals surface area contributed by atoms with Crippen LogP contribution in [0.25, 0.3) is 0 Å². The minimum absolute atomic E-state index is 0.0126. The van der Waals surface area contributed by atoms with Gasteiger partial charge in [0.25, 0.3) is 5.91 Å². The van der Waals surface area contributed by atoms with Crippen LogP contribution in [-0.4, -0.2) is 22.6 Å². The number of halogens is 1. The summed E-state index contributed by atoms with van der Waals surface area (Å²) in [6.45, 7) is 1.35. The third-order valence-electron chi connectivity index (χ3n) is 2.97. The first kappa shape index (κ1) is 15.4. The molecule has 1 atom stereocenters. The van der Waals surface area contributed by atoms with Gasteiger partial charge in [0.05, 0.1) is 0 Å². The van der Waals surface area contributed by atoms with E-state index in [0.717, 1.165) is 12.1 Å². The number of hydrogen-bond donors (Lipinski definition) is 2. The van der Waals surface area contributed by atoms with Gasteiger partial charge < -0.3 is 15.5 Å². The summed E-state index contributed by atoms with van der Waals surface area (Å²) in [4.78, 5) is 37.2. The Labute approximate surface area is 125 Å². The summed E-state index contributed by atoms with van der Waals surface area (Å²) in [7, 11) is 0. The standard InChI is InChI=1S/C15H13FN2O4/c1-8(19)10-6-12(18-7-10)15(21)22-13(14(17)20)9-2-4-11(16)5-3-9/h2-7,13,18H,1H3,(H2,17,20)/t13-/m1/s1. The SMILES string of the molecule is CC(=O)c1c[nH]c(C(=O)O[C@@H](C(N)=O)c2ccc(F)cc2)c1. The summed E-state index contributed by atoms with van der Waals surface area (Å²) in [6, 6.07) is 6.16. The lowest BCUT2D eigenvalue weighted by Gasteiger charge is -2.14. The Morgan fingerprint density at radius 1 is 1.23 bits per heavy atom. The molecule has 2 aromatic rings. The van der Waals surface area contributed by atoms with Gasteiger partial charge in [-0.2, -0.15) is 0 Å². The van der Waals surface area contributed by atoms with Crippen LogP contribution in [0.15, 0.2) is 36.5 Å². The highest BCUT2D eigenvalue weighted by Gasteiger charge is 2.24. The molecule has 0 radical (unpaired) electrons. The minimum atomic E-state index is -1.35. The predicted octanol–water partition coefficient (Wildman–Crippen LogP) is 1.74. The van der Waals surface area contributed by atoms with E-state index >= 15 is 0 Å². The van der Waals surface area contributed by atoms with Crippen LogP contribution in [-0.2, 0) is 9.53 Å². The van der Waals surface area contributed by atoms with E-state index in [0.29, 0.717) is 5.56 Å². The van der Waals surface area contributed by atoms with Crippen molar-refractivity contribution in [2.45, 2.75) is 13.0 Å². The highest BCUT2D eigenvalue weighted by atomic mass is 19.1. The summed E-state index contributed by atoms with van der Waals surface area (Å²) >= 11 is 0. The van der Waals surface area contributed by atoms with Crippen LogP contribution >= 0.6 is 0 Å². The normalized spacial score (nSPS) is 11.7. The van der Waals surface area contributed by atoms with Gasteiger partial charge in [0.1, 0.15) is 11.5 Å². The number of aromatic amines is 1. The first-order chi connectivity index (χ1) is 10.4. The fraction of sp³-hybridized carbons (Fsp3) is 0.133. The molecule has 6 nitrogen and oxygen atoms in total. The monoisotopic (exact) mass is 304 g/mol. The second kappa shape index (κ2) is 6.21. The third kappa shape index (κ3) is 3.38. The van der Waals surface area contributed by atoms with Crippen molar-refractivity contribution in [3.05, 3.63) is 59.2 Å². The lowest BCUT2D eigenvalue weighted by atomic mass is 10.1. The topological polar surface area (TPSA) is 102 Å². The largest absolute Gasteiger partial charge is 0.443 e. The molecule has 2 rings (SSSR count). The number of H-pyrrole nitrogens is 1. The number of amides is 1. The molecule has 1 aromatic heterocycles. The second-order valence-electron chi connectivity index (χ2n) is 4.60. The molecule has 1 aromatic carbocycles. The molecule has 114 valence electrons. The van der Waals surface area contributed by atoms with E-state index in [1.807, 2.05) is 0 Å². The van der Waals surface area contributed by atoms with Gasteiger partial charge in [-0.1, -0.05) is 12.1 Å². The zero-order valence-corrected chi connectivity index (χ0v) is 11.6. The summed E-state index contributed by atoms with van der Waals surface area (Å²) < 4.78 is 17.9. The molecule has 0 aliphatic rings. The fourth-order valence-electron chi connectivity index (χ4n) is 1.81. The maximum Gasteiger partial charge on any atom is 0.355 e. The number of nitrogens with one attached hydrogen (secondary N) is 1. The lowest BCUT2D eigenvalue weighted by Crippen LogP contribution is -2.26. The molecule has 3 N–H and O–H groups in total. The number of benzene rings is 1.